The van der Waals surface area contributed by atoms with Gasteiger partial charge in [-0.2, -0.15) is 0 Å². The van der Waals surface area contributed by atoms with Gasteiger partial charge in [0.25, 0.3) is 5.69 Å². The lowest BCUT2D eigenvalue weighted by Crippen LogP contribution is -2.66. The van der Waals surface area contributed by atoms with Crippen molar-refractivity contribution in [2.75, 3.05) is 11.9 Å². The average Bonchev–Trinajstić information content (AvgIpc) is 2.75. The van der Waals surface area contributed by atoms with Gasteiger partial charge in [-0.25, -0.2) is 0 Å². The van der Waals surface area contributed by atoms with E-state index in [-0.39, 0.29) is 16.5 Å². The Morgan fingerprint density at radius 3 is 2.11 bits per heavy atom. The van der Waals surface area contributed by atoms with Crippen molar-refractivity contribution in [1.82, 2.24) is 5.32 Å². The molecule has 2 rings (SSSR count). The average molecular weight is 528 g/mol. The highest BCUT2D eigenvalue weighted by Gasteiger charge is 2.52. The third-order valence-electron chi connectivity index (χ3n) is 4.58. The highest BCUT2D eigenvalue weighted by atomic mass is 32.1. The number of non-ortho nitro benzene ring substituents is 1. The maximum atomic E-state index is 11.9. The maximum absolute atomic E-state index is 11.9. The number of hydrogen-bond donors (Lipinski definition) is 2. The second-order valence-electron chi connectivity index (χ2n) is 7.53. The molecule has 0 amide bonds. The van der Waals surface area contributed by atoms with Crippen LogP contribution in [-0.2, 0) is 42.9 Å². The van der Waals surface area contributed by atoms with Gasteiger partial charge in [0.2, 0.25) is 0 Å². The van der Waals surface area contributed by atoms with E-state index in [1.807, 2.05) is 0 Å². The zero-order chi connectivity index (χ0) is 27.0. The molecule has 2 N–H and O–H groups in total. The molecule has 1 aromatic rings. The number of nitro benzene ring substituents is 1. The molecule has 0 bridgehead atoms. The molecule has 1 fully saturated rings. The van der Waals surface area contributed by atoms with Gasteiger partial charge in [-0.1, -0.05) is 6.07 Å². The van der Waals surface area contributed by atoms with Crippen LogP contribution in [0.2, 0.25) is 0 Å². The van der Waals surface area contributed by atoms with Crippen LogP contribution in [0.3, 0.4) is 0 Å². The van der Waals surface area contributed by atoms with Crippen LogP contribution >= 0.6 is 12.2 Å². The zero-order valence-electron chi connectivity index (χ0n) is 19.7. The Hall–Kier alpha value is -3.85. The first-order valence-electron chi connectivity index (χ1n) is 10.5. The first-order valence-corrected chi connectivity index (χ1v) is 10.9. The third-order valence-corrected chi connectivity index (χ3v) is 4.80. The lowest BCUT2D eigenvalue weighted by Gasteiger charge is -2.44. The molecule has 1 aliphatic rings. The van der Waals surface area contributed by atoms with Crippen molar-refractivity contribution in [3.05, 3.63) is 34.4 Å². The fourth-order valence-corrected chi connectivity index (χ4v) is 3.57. The highest BCUT2D eigenvalue weighted by molar-refractivity contribution is 7.80. The predicted octanol–water partition coefficient (Wildman–Crippen LogP) is 0.964. The lowest BCUT2D eigenvalue weighted by molar-refractivity contribution is -0.384. The standard InChI is InChI=1S/C21H25N3O11S/c1-10(25)31-9-16-17(32-11(2)26)18(33-12(3)27)19(34-13(4)28)20(35-16)23-21(36)22-14-6-5-7-15(8-14)24(29)30/h5-8,16-20H,9H2,1-4H3,(H2,22,23,36)/t16-,17-,18+,19-,20-/m1/s1. The van der Waals surface area contributed by atoms with Gasteiger partial charge >= 0.3 is 23.9 Å². The number of nitrogens with one attached hydrogen (secondary N) is 2. The summed E-state index contributed by atoms with van der Waals surface area (Å²) in [4.78, 5) is 57.3. The predicted molar refractivity (Wildman–Crippen MR) is 124 cm³/mol. The molecule has 0 unspecified atom stereocenters. The molecular weight excluding hydrogens is 502 g/mol. The van der Waals surface area contributed by atoms with Crippen LogP contribution in [0.4, 0.5) is 11.4 Å². The summed E-state index contributed by atoms with van der Waals surface area (Å²) in [7, 11) is 0. The second kappa shape index (κ2) is 12.7. The third kappa shape index (κ3) is 8.42. The smallest absolute Gasteiger partial charge is 0.303 e. The number of ether oxygens (including phenoxy) is 5. The first-order chi connectivity index (χ1) is 16.9. The minimum Gasteiger partial charge on any atom is -0.463 e. The molecule has 0 aromatic heterocycles. The number of carbonyl (C=O) groups excluding carboxylic acids is 4. The van der Waals surface area contributed by atoms with Gasteiger partial charge in [-0.15, -0.1) is 0 Å². The molecule has 36 heavy (non-hydrogen) atoms. The van der Waals surface area contributed by atoms with Crippen LogP contribution in [0.25, 0.3) is 0 Å². The fourth-order valence-electron chi connectivity index (χ4n) is 3.34. The van der Waals surface area contributed by atoms with Crippen molar-refractivity contribution in [2.24, 2.45) is 0 Å². The number of esters is 4. The Bertz CT molecular complexity index is 1030. The van der Waals surface area contributed by atoms with Crippen molar-refractivity contribution in [3.63, 3.8) is 0 Å². The number of nitro groups is 1. The van der Waals surface area contributed by atoms with Crippen molar-refractivity contribution >= 4 is 52.6 Å². The molecule has 1 aliphatic heterocycles. The molecule has 1 aromatic carbocycles. The van der Waals surface area contributed by atoms with E-state index >= 15 is 0 Å². The van der Waals surface area contributed by atoms with E-state index in [1.165, 1.54) is 24.3 Å². The minimum atomic E-state index is -1.37. The lowest BCUT2D eigenvalue weighted by atomic mass is 9.97. The van der Waals surface area contributed by atoms with Crippen molar-refractivity contribution in [2.45, 2.75) is 58.3 Å². The summed E-state index contributed by atoms with van der Waals surface area (Å²) in [6.45, 7) is 4.07. The van der Waals surface area contributed by atoms with Crippen LogP contribution in [0.1, 0.15) is 27.7 Å². The van der Waals surface area contributed by atoms with Crippen molar-refractivity contribution in [1.29, 1.82) is 0 Å². The van der Waals surface area contributed by atoms with E-state index in [4.69, 9.17) is 35.9 Å². The molecule has 1 saturated heterocycles. The van der Waals surface area contributed by atoms with Gasteiger partial charge in [0.1, 0.15) is 12.7 Å². The van der Waals surface area contributed by atoms with Gasteiger partial charge in [-0.3, -0.25) is 29.3 Å². The van der Waals surface area contributed by atoms with Crippen LogP contribution in [0.15, 0.2) is 24.3 Å². The molecule has 196 valence electrons. The van der Waals surface area contributed by atoms with Crippen LogP contribution in [-0.4, -0.2) is 71.2 Å². The molecule has 0 spiro atoms. The van der Waals surface area contributed by atoms with E-state index < -0.39 is 66.1 Å². The van der Waals surface area contributed by atoms with Crippen LogP contribution < -0.4 is 10.6 Å². The number of rotatable bonds is 8. The summed E-state index contributed by atoms with van der Waals surface area (Å²) < 4.78 is 26.8. The normalized spacial score (nSPS) is 22.9. The molecule has 15 heteroatoms. The summed E-state index contributed by atoms with van der Waals surface area (Å²) in [5.41, 5.74) is 0.0856. The summed E-state index contributed by atoms with van der Waals surface area (Å²) >= 11 is 5.27. The Morgan fingerprint density at radius 1 is 0.972 bits per heavy atom. The number of hydrogen-bond acceptors (Lipinski definition) is 12. The topological polar surface area (TPSA) is 182 Å². The summed E-state index contributed by atoms with van der Waals surface area (Å²) in [6.07, 6.45) is -6.50. The van der Waals surface area contributed by atoms with Gasteiger partial charge in [0, 0.05) is 45.5 Å². The molecule has 14 nitrogen and oxygen atoms in total. The number of benzene rings is 1. The van der Waals surface area contributed by atoms with Crippen molar-refractivity contribution < 1.29 is 47.8 Å². The fraction of sp³-hybridized carbons (Fsp3) is 0.476. The molecule has 0 radical (unpaired) electrons. The van der Waals surface area contributed by atoms with Crippen molar-refractivity contribution in [3.8, 4) is 0 Å². The number of thiocarbonyl (C=S) groups is 1. The van der Waals surface area contributed by atoms with E-state index in [9.17, 15) is 29.3 Å². The SMILES string of the molecule is CC(=O)OC[C@H]1O[C@@H](NC(=S)Nc2cccc([N+](=O)[O-])c2)[C@H](OC(C)=O)[C@@H](OC(C)=O)[C@@H]1OC(C)=O. The van der Waals surface area contributed by atoms with Gasteiger partial charge < -0.3 is 34.3 Å². The first kappa shape index (κ1) is 28.4. The zero-order valence-corrected chi connectivity index (χ0v) is 20.6. The number of nitrogens with zero attached hydrogens (tertiary/aromatic N) is 1. The van der Waals surface area contributed by atoms with Gasteiger partial charge in [0.15, 0.2) is 29.7 Å². The quantitative estimate of drug-likeness (QED) is 0.160. The summed E-state index contributed by atoms with van der Waals surface area (Å²) in [5, 5.41) is 16.4. The molecule has 0 aliphatic carbocycles. The Labute approximate surface area is 210 Å². The molecule has 0 saturated carbocycles. The number of carbonyl (C=O) groups is 4. The van der Waals surface area contributed by atoms with E-state index in [2.05, 4.69) is 10.6 Å². The Balaban J connectivity index is 2.36. The second-order valence-corrected chi connectivity index (χ2v) is 7.93. The highest BCUT2D eigenvalue weighted by Crippen LogP contribution is 2.28. The largest absolute Gasteiger partial charge is 0.463 e. The summed E-state index contributed by atoms with van der Waals surface area (Å²) in [6, 6.07) is 5.49. The Kier molecular flexibility index (Phi) is 10.0. The van der Waals surface area contributed by atoms with E-state index in [0.717, 1.165) is 27.7 Å². The minimum absolute atomic E-state index is 0.101. The van der Waals surface area contributed by atoms with Crippen LogP contribution in [0, 0.1) is 10.1 Å². The Morgan fingerprint density at radius 2 is 1.56 bits per heavy atom. The summed E-state index contributed by atoms with van der Waals surface area (Å²) in [5.74, 6) is -2.97. The molecular formula is C21H25N3O11S. The van der Waals surface area contributed by atoms with E-state index in [1.54, 1.807) is 0 Å². The number of anilines is 1. The molecule has 1 heterocycles. The monoisotopic (exact) mass is 527 g/mol. The maximum Gasteiger partial charge on any atom is 0.303 e. The van der Waals surface area contributed by atoms with Gasteiger partial charge in [-0.05, 0) is 18.3 Å². The molecule has 5 atom stereocenters. The van der Waals surface area contributed by atoms with Gasteiger partial charge in [0.05, 0.1) is 4.92 Å². The van der Waals surface area contributed by atoms with Crippen LogP contribution in [0.5, 0.6) is 0 Å². The van der Waals surface area contributed by atoms with E-state index in [0.29, 0.717) is 0 Å².